The highest BCUT2D eigenvalue weighted by molar-refractivity contribution is 5.24. The molecule has 2 rings (SSSR count). The van der Waals surface area contributed by atoms with E-state index < -0.39 is 11.6 Å². The summed E-state index contributed by atoms with van der Waals surface area (Å²) in [5.74, 6) is -1.42. The molecule has 0 aliphatic heterocycles. The van der Waals surface area contributed by atoms with Crippen LogP contribution in [0.3, 0.4) is 0 Å². The highest BCUT2D eigenvalue weighted by Gasteiger charge is 2.28. The van der Waals surface area contributed by atoms with Crippen LogP contribution in [0.25, 0.3) is 0 Å². The van der Waals surface area contributed by atoms with Crippen molar-refractivity contribution in [3.63, 3.8) is 0 Å². The predicted octanol–water partition coefficient (Wildman–Crippen LogP) is 2.20. The summed E-state index contributed by atoms with van der Waals surface area (Å²) in [5.41, 5.74) is 0.782. The largest absolute Gasteiger partial charge is 0.393 e. The summed E-state index contributed by atoms with van der Waals surface area (Å²) in [6.45, 7) is 0. The topological polar surface area (TPSA) is 20.2 Å². The third kappa shape index (κ3) is 1.56. The number of hydrogen-bond donors (Lipinski definition) is 1. The Balaban J connectivity index is 2.18. The molecule has 1 aromatic rings. The van der Waals surface area contributed by atoms with E-state index in [-0.39, 0.29) is 12.0 Å². The Labute approximate surface area is 75.0 Å². The van der Waals surface area contributed by atoms with Crippen LogP contribution >= 0.6 is 0 Å². The number of benzene rings is 1. The van der Waals surface area contributed by atoms with Gasteiger partial charge in [0.15, 0.2) is 11.6 Å². The van der Waals surface area contributed by atoms with E-state index in [2.05, 4.69) is 0 Å². The molecule has 0 saturated heterocycles. The SMILES string of the molecule is OC1CC(c2ccc(F)c(F)c2)C1. The molecule has 0 heterocycles. The van der Waals surface area contributed by atoms with Crippen molar-refractivity contribution in [1.29, 1.82) is 0 Å². The van der Waals surface area contributed by atoms with Crippen LogP contribution < -0.4 is 0 Å². The second kappa shape index (κ2) is 3.07. The second-order valence-electron chi connectivity index (χ2n) is 3.50. The Morgan fingerprint density at radius 3 is 2.38 bits per heavy atom. The van der Waals surface area contributed by atoms with Crippen molar-refractivity contribution in [3.05, 3.63) is 35.4 Å². The normalized spacial score (nSPS) is 27.0. The Bertz CT molecular complexity index is 319. The highest BCUT2D eigenvalue weighted by Crippen LogP contribution is 2.36. The van der Waals surface area contributed by atoms with Gasteiger partial charge in [-0.1, -0.05) is 6.07 Å². The summed E-state index contributed by atoms with van der Waals surface area (Å²) in [6, 6.07) is 3.93. The summed E-state index contributed by atoms with van der Waals surface area (Å²) >= 11 is 0. The van der Waals surface area contributed by atoms with E-state index in [9.17, 15) is 8.78 Å². The van der Waals surface area contributed by atoms with Gasteiger partial charge in [-0.15, -0.1) is 0 Å². The fourth-order valence-corrected chi connectivity index (χ4v) is 1.63. The molecule has 70 valence electrons. The van der Waals surface area contributed by atoms with Gasteiger partial charge in [-0.25, -0.2) is 8.78 Å². The molecule has 0 aromatic heterocycles. The first-order valence-electron chi connectivity index (χ1n) is 4.30. The Morgan fingerprint density at radius 1 is 1.15 bits per heavy atom. The monoisotopic (exact) mass is 184 g/mol. The molecule has 0 atom stereocenters. The molecule has 13 heavy (non-hydrogen) atoms. The van der Waals surface area contributed by atoms with Crippen LogP contribution in [-0.4, -0.2) is 11.2 Å². The summed E-state index contributed by atoms with van der Waals surface area (Å²) in [7, 11) is 0. The van der Waals surface area contributed by atoms with Crippen molar-refractivity contribution < 1.29 is 13.9 Å². The molecular weight excluding hydrogens is 174 g/mol. The summed E-state index contributed by atoms with van der Waals surface area (Å²) in [4.78, 5) is 0. The lowest BCUT2D eigenvalue weighted by Gasteiger charge is -2.31. The molecule has 3 heteroatoms. The van der Waals surface area contributed by atoms with Gasteiger partial charge in [-0.2, -0.15) is 0 Å². The van der Waals surface area contributed by atoms with E-state index in [0.29, 0.717) is 12.8 Å². The Morgan fingerprint density at radius 2 is 1.85 bits per heavy atom. The van der Waals surface area contributed by atoms with E-state index in [4.69, 9.17) is 5.11 Å². The Hall–Kier alpha value is -0.960. The number of hydrogen-bond acceptors (Lipinski definition) is 1. The van der Waals surface area contributed by atoms with Gasteiger partial charge in [0.25, 0.3) is 0 Å². The van der Waals surface area contributed by atoms with Crippen molar-refractivity contribution >= 4 is 0 Å². The molecule has 1 aliphatic carbocycles. The zero-order chi connectivity index (χ0) is 9.42. The first kappa shape index (κ1) is 8.63. The highest BCUT2D eigenvalue weighted by atomic mass is 19.2. The molecule has 0 spiro atoms. The zero-order valence-electron chi connectivity index (χ0n) is 7.00. The van der Waals surface area contributed by atoms with Crippen molar-refractivity contribution in [3.8, 4) is 0 Å². The average Bonchev–Trinajstić information content (AvgIpc) is 2.05. The van der Waals surface area contributed by atoms with Crippen LogP contribution in [0.5, 0.6) is 0 Å². The van der Waals surface area contributed by atoms with Crippen LogP contribution in [0.4, 0.5) is 8.78 Å². The van der Waals surface area contributed by atoms with E-state index in [1.807, 2.05) is 0 Å². The van der Waals surface area contributed by atoms with Gasteiger partial charge >= 0.3 is 0 Å². The number of halogens is 2. The van der Waals surface area contributed by atoms with Crippen LogP contribution in [0, 0.1) is 11.6 Å². The van der Waals surface area contributed by atoms with Gasteiger partial charge in [0.1, 0.15) is 0 Å². The number of rotatable bonds is 1. The van der Waals surface area contributed by atoms with Gasteiger partial charge in [0.2, 0.25) is 0 Å². The average molecular weight is 184 g/mol. The van der Waals surface area contributed by atoms with Gasteiger partial charge in [-0.05, 0) is 36.5 Å². The predicted molar refractivity (Wildman–Crippen MR) is 44.3 cm³/mol. The first-order valence-corrected chi connectivity index (χ1v) is 4.30. The lowest BCUT2D eigenvalue weighted by atomic mass is 9.78. The van der Waals surface area contributed by atoms with Gasteiger partial charge < -0.3 is 5.11 Å². The lowest BCUT2D eigenvalue weighted by molar-refractivity contribution is 0.0745. The standard InChI is InChI=1S/C10H10F2O/c11-9-2-1-6(5-10(9)12)7-3-8(13)4-7/h1-2,5,7-8,13H,3-4H2. The van der Waals surface area contributed by atoms with Crippen molar-refractivity contribution in [2.24, 2.45) is 0 Å². The van der Waals surface area contributed by atoms with E-state index in [1.165, 1.54) is 6.07 Å². The van der Waals surface area contributed by atoms with Gasteiger partial charge in [0, 0.05) is 0 Å². The minimum atomic E-state index is -0.816. The third-order valence-electron chi connectivity index (χ3n) is 2.53. The minimum Gasteiger partial charge on any atom is -0.393 e. The van der Waals surface area contributed by atoms with Crippen molar-refractivity contribution in [1.82, 2.24) is 0 Å². The van der Waals surface area contributed by atoms with Crippen LogP contribution in [-0.2, 0) is 0 Å². The molecule has 1 saturated carbocycles. The van der Waals surface area contributed by atoms with Gasteiger partial charge in [-0.3, -0.25) is 0 Å². The van der Waals surface area contributed by atoms with Crippen molar-refractivity contribution in [2.75, 3.05) is 0 Å². The third-order valence-corrected chi connectivity index (χ3v) is 2.53. The quantitative estimate of drug-likeness (QED) is 0.709. The number of aliphatic hydroxyl groups excluding tert-OH is 1. The van der Waals surface area contributed by atoms with E-state index >= 15 is 0 Å². The van der Waals surface area contributed by atoms with Crippen molar-refractivity contribution in [2.45, 2.75) is 24.9 Å². The first-order chi connectivity index (χ1) is 6.16. The van der Waals surface area contributed by atoms with E-state index in [1.54, 1.807) is 6.07 Å². The number of aliphatic hydroxyl groups is 1. The molecule has 1 fully saturated rings. The van der Waals surface area contributed by atoms with Crippen LogP contribution in [0.15, 0.2) is 18.2 Å². The van der Waals surface area contributed by atoms with E-state index in [0.717, 1.165) is 11.6 Å². The summed E-state index contributed by atoms with van der Waals surface area (Å²) in [6.07, 6.45) is 1.05. The van der Waals surface area contributed by atoms with Crippen LogP contribution in [0.1, 0.15) is 24.3 Å². The fraction of sp³-hybridized carbons (Fsp3) is 0.400. The maximum atomic E-state index is 12.8. The molecular formula is C10H10F2O. The smallest absolute Gasteiger partial charge is 0.159 e. The molecule has 0 bridgehead atoms. The Kier molecular flexibility index (Phi) is 2.04. The zero-order valence-corrected chi connectivity index (χ0v) is 7.00. The maximum Gasteiger partial charge on any atom is 0.159 e. The molecule has 0 radical (unpaired) electrons. The molecule has 0 unspecified atom stereocenters. The maximum absolute atomic E-state index is 12.8. The lowest BCUT2D eigenvalue weighted by Crippen LogP contribution is -2.26. The summed E-state index contributed by atoms with van der Waals surface area (Å²) in [5, 5.41) is 9.04. The molecule has 1 aliphatic rings. The summed E-state index contributed by atoms with van der Waals surface area (Å²) < 4.78 is 25.3. The molecule has 1 aromatic carbocycles. The van der Waals surface area contributed by atoms with Gasteiger partial charge in [0.05, 0.1) is 6.10 Å². The molecule has 1 N–H and O–H groups in total. The second-order valence-corrected chi connectivity index (χ2v) is 3.50. The minimum absolute atomic E-state index is 0.199. The molecule has 1 nitrogen and oxygen atoms in total. The van der Waals surface area contributed by atoms with Crippen LogP contribution in [0.2, 0.25) is 0 Å². The molecule has 0 amide bonds. The fourth-order valence-electron chi connectivity index (χ4n) is 1.63.